The zero-order chi connectivity index (χ0) is 23.6. The first-order chi connectivity index (χ1) is 15.0. The number of nitrogens with two attached hydrogens (primary N) is 1. The summed E-state index contributed by atoms with van der Waals surface area (Å²) in [6, 6.07) is 5.05. The summed E-state index contributed by atoms with van der Waals surface area (Å²) < 4.78 is 50.1. The van der Waals surface area contributed by atoms with Crippen LogP contribution in [0.4, 0.5) is 13.2 Å². The van der Waals surface area contributed by atoms with E-state index in [-0.39, 0.29) is 18.4 Å². The molecule has 32 heavy (non-hydrogen) atoms. The fraction of sp³-hybridized carbons (Fsp3) is 0.381. The van der Waals surface area contributed by atoms with E-state index >= 15 is 0 Å². The molecule has 0 spiro atoms. The van der Waals surface area contributed by atoms with Crippen LogP contribution in [-0.4, -0.2) is 28.7 Å². The number of alkyl halides is 3. The molecule has 3 N–H and O–H groups in total. The van der Waals surface area contributed by atoms with Crippen molar-refractivity contribution in [2.24, 2.45) is 11.7 Å². The monoisotopic (exact) mass is 491 g/mol. The van der Waals surface area contributed by atoms with Crippen LogP contribution in [0.1, 0.15) is 37.0 Å². The first-order valence-electron chi connectivity index (χ1n) is 9.73. The number of hydrogen-bond acceptors (Lipinski definition) is 6. The van der Waals surface area contributed by atoms with Crippen molar-refractivity contribution in [3.05, 3.63) is 63.3 Å². The van der Waals surface area contributed by atoms with Crippen molar-refractivity contribution in [2.45, 2.75) is 38.5 Å². The van der Waals surface area contributed by atoms with Crippen molar-refractivity contribution in [3.63, 3.8) is 0 Å². The van der Waals surface area contributed by atoms with Gasteiger partial charge in [0, 0.05) is 18.5 Å². The SMILES string of the molecule is CC(/C(=C\C=C(/N)OCc1c(-c2c(Cl)cccc2Cl)noc1C1CC1)N(C)O)C(F)(F)F. The predicted molar refractivity (Wildman–Crippen MR) is 114 cm³/mol. The van der Waals surface area contributed by atoms with Crippen molar-refractivity contribution in [1.82, 2.24) is 10.2 Å². The summed E-state index contributed by atoms with van der Waals surface area (Å²) in [6.07, 6.45) is -0.455. The summed E-state index contributed by atoms with van der Waals surface area (Å²) in [5.74, 6) is -1.22. The maximum Gasteiger partial charge on any atom is 0.396 e. The standard InChI is InChI=1S/C21H22Cl2F3N3O3/c1-11(21(24,25)26)16(29(2)30)8-9-17(27)31-10-13-19(28-32-20(13)12-6-7-12)18-14(22)4-3-5-15(18)23/h3-5,8-9,11-12,30H,6-7,10,27H2,1-2H3/b16-8+,17-9+. The van der Waals surface area contributed by atoms with Crippen molar-refractivity contribution in [2.75, 3.05) is 7.05 Å². The molecule has 1 aliphatic carbocycles. The molecule has 0 saturated heterocycles. The lowest BCUT2D eigenvalue weighted by molar-refractivity contribution is -0.175. The van der Waals surface area contributed by atoms with E-state index in [0.717, 1.165) is 39.0 Å². The maximum absolute atomic E-state index is 13.0. The summed E-state index contributed by atoms with van der Waals surface area (Å²) in [5.41, 5.74) is 6.99. The average Bonchev–Trinajstić information content (AvgIpc) is 3.46. The van der Waals surface area contributed by atoms with Gasteiger partial charge >= 0.3 is 6.18 Å². The molecule has 2 aromatic rings. The van der Waals surface area contributed by atoms with E-state index in [2.05, 4.69) is 5.16 Å². The Morgan fingerprint density at radius 1 is 1.34 bits per heavy atom. The van der Waals surface area contributed by atoms with E-state index in [9.17, 15) is 18.4 Å². The zero-order valence-electron chi connectivity index (χ0n) is 17.3. The van der Waals surface area contributed by atoms with Gasteiger partial charge in [0.1, 0.15) is 18.1 Å². The van der Waals surface area contributed by atoms with Crippen molar-refractivity contribution in [1.29, 1.82) is 0 Å². The topological polar surface area (TPSA) is 84.8 Å². The molecule has 1 aromatic heterocycles. The number of hydroxylamine groups is 2. The molecule has 0 bridgehead atoms. The Labute approximate surface area is 193 Å². The molecule has 1 atom stereocenters. The van der Waals surface area contributed by atoms with E-state index in [1.807, 2.05) is 0 Å². The van der Waals surface area contributed by atoms with Gasteiger partial charge in [0.25, 0.3) is 0 Å². The van der Waals surface area contributed by atoms with E-state index in [4.69, 9.17) is 38.2 Å². The molecule has 0 radical (unpaired) electrons. The van der Waals surface area contributed by atoms with Crippen LogP contribution in [0.2, 0.25) is 10.0 Å². The maximum atomic E-state index is 13.0. The van der Waals surface area contributed by atoms with Crippen LogP contribution in [0, 0.1) is 5.92 Å². The molecule has 3 rings (SSSR count). The molecule has 1 fully saturated rings. The minimum atomic E-state index is -4.53. The summed E-state index contributed by atoms with van der Waals surface area (Å²) >= 11 is 12.6. The number of nitrogens with zero attached hydrogens (tertiary/aromatic N) is 2. The molecular formula is C21H22Cl2F3N3O3. The Balaban J connectivity index is 1.86. The largest absolute Gasteiger partial charge is 0.474 e. The molecule has 174 valence electrons. The summed E-state index contributed by atoms with van der Waals surface area (Å²) in [6.45, 7) is 0.879. The highest BCUT2D eigenvalue weighted by Gasteiger charge is 2.39. The third kappa shape index (κ3) is 5.51. The second-order valence-electron chi connectivity index (χ2n) is 7.48. The molecule has 1 unspecified atom stereocenters. The molecule has 1 aliphatic rings. The fourth-order valence-corrected chi connectivity index (χ4v) is 3.70. The first-order valence-corrected chi connectivity index (χ1v) is 10.5. The number of halogens is 5. The molecule has 1 heterocycles. The number of rotatable bonds is 8. The lowest BCUT2D eigenvalue weighted by Crippen LogP contribution is -2.29. The third-order valence-electron chi connectivity index (χ3n) is 5.08. The van der Waals surface area contributed by atoms with Crippen LogP contribution in [0.25, 0.3) is 11.3 Å². The van der Waals surface area contributed by atoms with Gasteiger partial charge in [-0.15, -0.1) is 0 Å². The van der Waals surface area contributed by atoms with Gasteiger partial charge in [0.05, 0.1) is 27.2 Å². The summed E-state index contributed by atoms with van der Waals surface area (Å²) in [7, 11) is 1.09. The predicted octanol–water partition coefficient (Wildman–Crippen LogP) is 6.25. The Morgan fingerprint density at radius 2 is 1.97 bits per heavy atom. The molecule has 1 aromatic carbocycles. The number of ether oxygens (including phenoxy) is 1. The molecule has 1 saturated carbocycles. The van der Waals surface area contributed by atoms with Crippen molar-refractivity contribution >= 4 is 23.2 Å². The molecule has 0 amide bonds. The van der Waals surface area contributed by atoms with E-state index in [1.54, 1.807) is 18.2 Å². The van der Waals surface area contributed by atoms with Crippen LogP contribution < -0.4 is 5.73 Å². The van der Waals surface area contributed by atoms with Crippen LogP contribution in [0.15, 0.2) is 46.5 Å². The molecule has 6 nitrogen and oxygen atoms in total. The highest BCUT2D eigenvalue weighted by atomic mass is 35.5. The Hall–Kier alpha value is -2.36. The van der Waals surface area contributed by atoms with Crippen molar-refractivity contribution < 1.29 is 27.6 Å². The highest BCUT2D eigenvalue weighted by molar-refractivity contribution is 6.39. The third-order valence-corrected chi connectivity index (χ3v) is 5.71. The number of aromatic nitrogens is 1. The molecule has 0 aliphatic heterocycles. The van der Waals surface area contributed by atoms with Gasteiger partial charge in [-0.1, -0.05) is 34.4 Å². The molecule has 11 heteroatoms. The van der Waals surface area contributed by atoms with Crippen molar-refractivity contribution in [3.8, 4) is 11.3 Å². The van der Waals surface area contributed by atoms with Gasteiger partial charge in [-0.25, -0.2) is 0 Å². The van der Waals surface area contributed by atoms with Crippen LogP contribution in [-0.2, 0) is 11.3 Å². The Morgan fingerprint density at radius 3 is 2.50 bits per heavy atom. The normalized spacial score (nSPS) is 16.2. The highest BCUT2D eigenvalue weighted by Crippen LogP contribution is 2.46. The number of hydrogen-bond donors (Lipinski definition) is 2. The minimum absolute atomic E-state index is 0.0541. The zero-order valence-corrected chi connectivity index (χ0v) is 18.8. The Kier molecular flexibility index (Phi) is 7.32. The number of benzene rings is 1. The van der Waals surface area contributed by atoms with Gasteiger partial charge in [0.2, 0.25) is 0 Å². The van der Waals surface area contributed by atoms with Gasteiger partial charge < -0.3 is 15.0 Å². The lowest BCUT2D eigenvalue weighted by Gasteiger charge is -2.23. The van der Waals surface area contributed by atoms with Gasteiger partial charge in [-0.2, -0.15) is 13.2 Å². The van der Waals surface area contributed by atoms with E-state index in [0.29, 0.717) is 37.7 Å². The number of allylic oxidation sites excluding steroid dienone is 3. The second kappa shape index (κ2) is 9.64. The van der Waals surface area contributed by atoms with Crippen LogP contribution in [0.3, 0.4) is 0 Å². The lowest BCUT2D eigenvalue weighted by atomic mass is 10.0. The van der Waals surface area contributed by atoms with Crippen LogP contribution in [0.5, 0.6) is 0 Å². The van der Waals surface area contributed by atoms with Gasteiger partial charge in [0.15, 0.2) is 5.88 Å². The van der Waals surface area contributed by atoms with Crippen LogP contribution >= 0.6 is 23.2 Å². The summed E-state index contributed by atoms with van der Waals surface area (Å²) in [5, 5.41) is 14.9. The van der Waals surface area contributed by atoms with E-state index in [1.165, 1.54) is 0 Å². The molecular weight excluding hydrogens is 470 g/mol. The average molecular weight is 492 g/mol. The Bertz CT molecular complexity index is 1010. The smallest absolute Gasteiger partial charge is 0.396 e. The first kappa shape index (κ1) is 24.3. The minimum Gasteiger partial charge on any atom is -0.474 e. The van der Waals surface area contributed by atoms with Gasteiger partial charge in [-0.05, 0) is 44.1 Å². The van der Waals surface area contributed by atoms with E-state index < -0.39 is 17.8 Å². The fourth-order valence-electron chi connectivity index (χ4n) is 3.12. The quantitative estimate of drug-likeness (QED) is 0.258. The summed E-state index contributed by atoms with van der Waals surface area (Å²) in [4.78, 5) is 0. The second-order valence-corrected chi connectivity index (χ2v) is 8.30. The van der Waals surface area contributed by atoms with Gasteiger partial charge in [-0.3, -0.25) is 10.3 Å².